The molecule has 1 saturated heterocycles. The number of rotatable bonds is 6. The predicted octanol–water partition coefficient (Wildman–Crippen LogP) is 3.44. The molecule has 1 atom stereocenters. The molecule has 2 heterocycles. The summed E-state index contributed by atoms with van der Waals surface area (Å²) in [4.78, 5) is 48.3. The van der Waals surface area contributed by atoms with E-state index in [1.807, 2.05) is 0 Å². The molecule has 1 aromatic heterocycles. The maximum absolute atomic E-state index is 13.0. The van der Waals surface area contributed by atoms with Gasteiger partial charge in [-0.1, -0.05) is 12.1 Å². The summed E-state index contributed by atoms with van der Waals surface area (Å²) in [6.07, 6.45) is 1.15. The van der Waals surface area contributed by atoms with Crippen LogP contribution in [-0.4, -0.2) is 32.8 Å². The van der Waals surface area contributed by atoms with Crippen LogP contribution in [0.5, 0.6) is 0 Å². The van der Waals surface area contributed by atoms with Crippen molar-refractivity contribution in [1.29, 1.82) is 0 Å². The maximum atomic E-state index is 13.0. The Hall–Kier alpha value is -4.73. The smallest absolute Gasteiger partial charge is 0.307 e. The Morgan fingerprint density at radius 1 is 1.03 bits per heavy atom. The van der Waals surface area contributed by atoms with Crippen LogP contribution in [0.2, 0.25) is 0 Å². The zero-order valence-electron chi connectivity index (χ0n) is 16.9. The number of carbonyl (C=O) groups excluding carboxylic acids is 2. The molecule has 1 fully saturated rings. The number of amides is 1. The lowest BCUT2D eigenvalue weighted by Crippen LogP contribution is -2.29. The van der Waals surface area contributed by atoms with E-state index in [9.17, 15) is 29.6 Å². The predicted molar refractivity (Wildman–Crippen MR) is 114 cm³/mol. The minimum Gasteiger partial charge on any atom is -0.507 e. The number of non-ortho nitro benzene ring substituents is 1. The number of aliphatic hydroxyl groups excluding tert-OH is 1. The highest BCUT2D eigenvalue weighted by atomic mass is 16.6. The van der Waals surface area contributed by atoms with Gasteiger partial charge in [-0.25, -0.2) is 0 Å². The maximum Gasteiger partial charge on any atom is 0.307 e. The van der Waals surface area contributed by atoms with Crippen LogP contribution in [0.15, 0.2) is 76.9 Å². The lowest BCUT2D eigenvalue weighted by molar-refractivity contribution is -0.384. The summed E-state index contributed by atoms with van der Waals surface area (Å²) >= 11 is 0. The van der Waals surface area contributed by atoms with Crippen molar-refractivity contribution in [3.8, 4) is 0 Å². The molecule has 0 spiro atoms. The second kappa shape index (κ2) is 8.42. The van der Waals surface area contributed by atoms with E-state index in [1.165, 1.54) is 54.8 Å². The van der Waals surface area contributed by atoms with Crippen LogP contribution < -0.4 is 4.90 Å². The number of Topliss-reactive ketones (excluding diaryl/α,β-unsaturated/α-hetero) is 1. The topological polar surface area (TPSA) is 151 Å². The summed E-state index contributed by atoms with van der Waals surface area (Å²) in [5, 5.41) is 30.8. The molecule has 1 aliphatic rings. The van der Waals surface area contributed by atoms with Crippen LogP contribution in [0.1, 0.15) is 22.9 Å². The van der Waals surface area contributed by atoms with E-state index in [1.54, 1.807) is 12.1 Å². The summed E-state index contributed by atoms with van der Waals surface area (Å²) in [7, 11) is 0. The van der Waals surface area contributed by atoms with Gasteiger partial charge in [0.15, 0.2) is 0 Å². The molecule has 0 bridgehead atoms. The van der Waals surface area contributed by atoms with Gasteiger partial charge in [0, 0.05) is 23.4 Å². The van der Waals surface area contributed by atoms with Gasteiger partial charge in [0.25, 0.3) is 17.4 Å². The second-order valence-electron chi connectivity index (χ2n) is 7.23. The first-order chi connectivity index (χ1) is 15.8. The van der Waals surface area contributed by atoms with Crippen molar-refractivity contribution in [2.24, 2.45) is 0 Å². The third kappa shape index (κ3) is 3.97. The number of aliphatic carboxylic acids is 1. The van der Waals surface area contributed by atoms with Crippen molar-refractivity contribution in [3.05, 3.63) is 99.5 Å². The Morgan fingerprint density at radius 2 is 1.70 bits per heavy atom. The monoisotopic (exact) mass is 448 g/mol. The molecule has 0 radical (unpaired) electrons. The molecule has 1 aliphatic heterocycles. The van der Waals surface area contributed by atoms with Crippen molar-refractivity contribution < 1.29 is 33.9 Å². The first kappa shape index (κ1) is 21.5. The number of hydrogen-bond donors (Lipinski definition) is 2. The van der Waals surface area contributed by atoms with Gasteiger partial charge < -0.3 is 14.6 Å². The normalized spacial score (nSPS) is 17.3. The average Bonchev–Trinajstić information content (AvgIpc) is 3.41. The summed E-state index contributed by atoms with van der Waals surface area (Å²) in [6.45, 7) is 0. The second-order valence-corrected chi connectivity index (χ2v) is 7.23. The number of anilines is 1. The number of carbonyl (C=O) groups is 3. The highest BCUT2D eigenvalue weighted by Crippen LogP contribution is 2.42. The van der Waals surface area contributed by atoms with Gasteiger partial charge in [-0.05, 0) is 42.0 Å². The zero-order chi connectivity index (χ0) is 23.7. The third-order valence-electron chi connectivity index (χ3n) is 5.18. The van der Waals surface area contributed by atoms with Crippen molar-refractivity contribution >= 4 is 34.8 Å². The van der Waals surface area contributed by atoms with E-state index >= 15 is 0 Å². The van der Waals surface area contributed by atoms with E-state index < -0.39 is 34.4 Å². The fraction of sp³-hybridized carbons (Fsp3) is 0.0870. The average molecular weight is 448 g/mol. The van der Waals surface area contributed by atoms with Crippen LogP contribution in [0.4, 0.5) is 11.4 Å². The van der Waals surface area contributed by atoms with Crippen molar-refractivity contribution in [2.75, 3.05) is 4.90 Å². The molecule has 3 aromatic rings. The number of ketones is 1. The van der Waals surface area contributed by atoms with Gasteiger partial charge in [-0.2, -0.15) is 0 Å². The van der Waals surface area contributed by atoms with Crippen LogP contribution in [0.3, 0.4) is 0 Å². The van der Waals surface area contributed by atoms with Gasteiger partial charge in [0.1, 0.15) is 17.6 Å². The number of nitrogens with zero attached hydrogens (tertiary/aromatic N) is 2. The van der Waals surface area contributed by atoms with Crippen molar-refractivity contribution in [1.82, 2.24) is 0 Å². The summed E-state index contributed by atoms with van der Waals surface area (Å²) in [5.41, 5.74) is 0.486. The van der Waals surface area contributed by atoms with Crippen molar-refractivity contribution in [3.63, 3.8) is 0 Å². The molecule has 166 valence electrons. The van der Waals surface area contributed by atoms with Gasteiger partial charge in [0.05, 0.1) is 23.2 Å². The standard InChI is InChI=1S/C23H16N2O8/c26-18(27)12-13-3-7-15(8-4-13)24-20(17-2-1-11-33-17)19(22(29)23(24)30)21(28)14-5-9-16(10-6-14)25(31)32/h1-11,20,28H,12H2,(H,26,27)/b21-19-. The number of furan rings is 1. The minimum atomic E-state index is -1.10. The molecule has 0 aliphatic carbocycles. The highest BCUT2D eigenvalue weighted by Gasteiger charge is 2.48. The molecular weight excluding hydrogens is 432 g/mol. The number of benzene rings is 2. The van der Waals surface area contributed by atoms with E-state index in [0.717, 1.165) is 4.90 Å². The van der Waals surface area contributed by atoms with E-state index in [2.05, 4.69) is 0 Å². The summed E-state index contributed by atoms with van der Waals surface area (Å²) < 4.78 is 5.45. The molecule has 2 aromatic carbocycles. The molecule has 1 unspecified atom stereocenters. The van der Waals surface area contributed by atoms with Gasteiger partial charge >= 0.3 is 5.97 Å². The Balaban J connectivity index is 1.82. The summed E-state index contributed by atoms with van der Waals surface area (Å²) in [5.74, 6) is -3.17. The number of carboxylic acids is 1. The third-order valence-corrected chi connectivity index (χ3v) is 5.18. The van der Waals surface area contributed by atoms with Gasteiger partial charge in [-0.3, -0.25) is 29.4 Å². The lowest BCUT2D eigenvalue weighted by atomic mass is 9.99. The first-order valence-electron chi connectivity index (χ1n) is 9.68. The van der Waals surface area contributed by atoms with Crippen molar-refractivity contribution in [2.45, 2.75) is 12.5 Å². The molecule has 1 amide bonds. The van der Waals surface area contributed by atoms with Crippen LogP contribution >= 0.6 is 0 Å². The quantitative estimate of drug-likeness (QED) is 0.191. The molecule has 33 heavy (non-hydrogen) atoms. The van der Waals surface area contributed by atoms with Crippen LogP contribution in [0.25, 0.3) is 5.76 Å². The molecule has 4 rings (SSSR count). The van der Waals surface area contributed by atoms with E-state index in [-0.39, 0.29) is 29.0 Å². The largest absolute Gasteiger partial charge is 0.507 e. The molecule has 0 saturated carbocycles. The molecule has 10 nitrogen and oxygen atoms in total. The Labute approximate surface area is 186 Å². The summed E-state index contributed by atoms with van der Waals surface area (Å²) in [6, 6.07) is 13.0. The van der Waals surface area contributed by atoms with Gasteiger partial charge in [-0.15, -0.1) is 0 Å². The van der Waals surface area contributed by atoms with E-state index in [0.29, 0.717) is 11.3 Å². The van der Waals surface area contributed by atoms with Crippen LogP contribution in [0, 0.1) is 10.1 Å². The number of carboxylic acid groups (broad SMARTS) is 1. The fourth-order valence-corrected chi connectivity index (χ4v) is 3.66. The Kier molecular flexibility index (Phi) is 5.49. The minimum absolute atomic E-state index is 0.118. The molecule has 2 N–H and O–H groups in total. The fourth-order valence-electron chi connectivity index (χ4n) is 3.66. The Bertz CT molecular complexity index is 1280. The number of nitro benzene ring substituents is 1. The molecule has 10 heteroatoms. The lowest BCUT2D eigenvalue weighted by Gasteiger charge is -2.23. The molecular formula is C23H16N2O8. The Morgan fingerprint density at radius 3 is 2.24 bits per heavy atom. The number of hydrogen-bond acceptors (Lipinski definition) is 7. The first-order valence-corrected chi connectivity index (χ1v) is 9.68. The number of aliphatic hydroxyl groups is 1. The van der Waals surface area contributed by atoms with E-state index in [4.69, 9.17) is 9.52 Å². The van der Waals surface area contributed by atoms with Gasteiger partial charge in [0.2, 0.25) is 0 Å². The number of nitro groups is 1. The zero-order valence-corrected chi connectivity index (χ0v) is 16.9. The SMILES string of the molecule is O=C(O)Cc1ccc(N2C(=O)C(=O)/C(=C(\O)c3ccc([N+](=O)[O-])cc3)C2c2ccco2)cc1. The highest BCUT2D eigenvalue weighted by molar-refractivity contribution is 6.51. The van der Waals surface area contributed by atoms with Crippen LogP contribution in [-0.2, 0) is 20.8 Å².